The number of nitrogens with one attached hydrogen (secondary N) is 2. The van der Waals surface area contributed by atoms with Crippen molar-refractivity contribution in [2.75, 3.05) is 5.43 Å². The normalized spacial score (nSPS) is 10.1. The largest absolute Gasteiger partial charge is 0.467 e. The fraction of sp³-hybridized carbons (Fsp3) is 0.0833. The van der Waals surface area contributed by atoms with E-state index in [2.05, 4.69) is 10.7 Å². The third-order valence-corrected chi connectivity index (χ3v) is 2.63. The molecule has 0 saturated heterocycles. The molecule has 1 heterocycles. The van der Waals surface area contributed by atoms with Crippen LogP contribution in [0, 0.1) is 10.1 Å². The summed E-state index contributed by atoms with van der Waals surface area (Å²) in [7, 11) is 0. The molecular weight excluding hydrogens is 264 g/mol. The number of amides is 1. The molecule has 0 unspecified atom stereocenters. The standard InChI is InChI=1S/C12H12N4O4/c13-15-11-9(4-1-5-10(11)16(18)19)12(17)14-7-8-3-2-6-20-8/h1-6,15H,7,13H2,(H,14,17). The van der Waals surface area contributed by atoms with Gasteiger partial charge in [-0.25, -0.2) is 0 Å². The van der Waals surface area contributed by atoms with Gasteiger partial charge in [0.25, 0.3) is 11.6 Å². The molecular formula is C12H12N4O4. The van der Waals surface area contributed by atoms with Gasteiger partial charge in [-0.05, 0) is 18.2 Å². The van der Waals surface area contributed by atoms with Crippen LogP contribution >= 0.6 is 0 Å². The number of nitro benzene ring substituents is 1. The van der Waals surface area contributed by atoms with Crippen LogP contribution in [0.4, 0.5) is 11.4 Å². The van der Waals surface area contributed by atoms with Crippen molar-refractivity contribution in [3.05, 3.63) is 58.0 Å². The Labute approximate surface area is 113 Å². The van der Waals surface area contributed by atoms with Gasteiger partial charge in [-0.1, -0.05) is 6.07 Å². The number of para-hydroxylation sites is 1. The van der Waals surface area contributed by atoms with Gasteiger partial charge in [0.2, 0.25) is 0 Å². The van der Waals surface area contributed by atoms with Crippen molar-refractivity contribution >= 4 is 17.3 Å². The van der Waals surface area contributed by atoms with Crippen molar-refractivity contribution in [2.45, 2.75) is 6.54 Å². The Morgan fingerprint density at radius 2 is 2.15 bits per heavy atom. The quantitative estimate of drug-likeness (QED) is 0.431. The van der Waals surface area contributed by atoms with Crippen LogP contribution in [-0.2, 0) is 6.54 Å². The van der Waals surface area contributed by atoms with E-state index in [-0.39, 0.29) is 23.5 Å². The van der Waals surface area contributed by atoms with Crippen LogP contribution in [-0.4, -0.2) is 10.8 Å². The Kier molecular flexibility index (Phi) is 3.96. The molecule has 0 aliphatic rings. The molecule has 4 N–H and O–H groups in total. The first-order valence-electron chi connectivity index (χ1n) is 5.68. The number of benzene rings is 1. The van der Waals surface area contributed by atoms with Gasteiger partial charge in [0.1, 0.15) is 11.4 Å². The number of rotatable bonds is 5. The number of carbonyl (C=O) groups is 1. The predicted molar refractivity (Wildman–Crippen MR) is 70.8 cm³/mol. The topological polar surface area (TPSA) is 123 Å². The van der Waals surface area contributed by atoms with Crippen LogP contribution < -0.4 is 16.6 Å². The van der Waals surface area contributed by atoms with E-state index in [4.69, 9.17) is 10.3 Å². The number of furan rings is 1. The zero-order chi connectivity index (χ0) is 14.5. The predicted octanol–water partition coefficient (Wildman–Crippen LogP) is 1.40. The number of hydrogen-bond donors (Lipinski definition) is 3. The Morgan fingerprint density at radius 3 is 2.75 bits per heavy atom. The van der Waals surface area contributed by atoms with Gasteiger partial charge in [-0.15, -0.1) is 0 Å². The maximum Gasteiger partial charge on any atom is 0.294 e. The number of carbonyl (C=O) groups excluding carboxylic acids is 1. The average Bonchev–Trinajstić information content (AvgIpc) is 2.97. The molecule has 20 heavy (non-hydrogen) atoms. The maximum atomic E-state index is 12.0. The summed E-state index contributed by atoms with van der Waals surface area (Å²) in [5.74, 6) is 5.35. The monoisotopic (exact) mass is 276 g/mol. The van der Waals surface area contributed by atoms with Gasteiger partial charge in [0.05, 0.1) is 23.3 Å². The Hall–Kier alpha value is -2.87. The molecule has 2 aromatic rings. The highest BCUT2D eigenvalue weighted by atomic mass is 16.6. The highest BCUT2D eigenvalue weighted by Crippen LogP contribution is 2.27. The second kappa shape index (κ2) is 5.85. The first-order valence-corrected chi connectivity index (χ1v) is 5.68. The zero-order valence-corrected chi connectivity index (χ0v) is 10.3. The van der Waals surface area contributed by atoms with E-state index in [1.807, 2.05) is 0 Å². The summed E-state index contributed by atoms with van der Waals surface area (Å²) in [6, 6.07) is 7.52. The summed E-state index contributed by atoms with van der Waals surface area (Å²) in [5, 5.41) is 13.5. The molecule has 2 rings (SSSR count). The number of nitro groups is 1. The number of hydrazine groups is 1. The van der Waals surface area contributed by atoms with Crippen molar-refractivity contribution in [1.82, 2.24) is 5.32 Å². The summed E-state index contributed by atoms with van der Waals surface area (Å²) in [5.41, 5.74) is 1.99. The smallest absolute Gasteiger partial charge is 0.294 e. The molecule has 0 bridgehead atoms. The number of anilines is 1. The van der Waals surface area contributed by atoms with Crippen molar-refractivity contribution in [1.29, 1.82) is 0 Å². The van der Waals surface area contributed by atoms with Gasteiger partial charge in [0.15, 0.2) is 0 Å². The number of nitrogens with zero attached hydrogens (tertiary/aromatic N) is 1. The zero-order valence-electron chi connectivity index (χ0n) is 10.3. The summed E-state index contributed by atoms with van der Waals surface area (Å²) in [4.78, 5) is 22.3. The van der Waals surface area contributed by atoms with E-state index in [0.717, 1.165) is 0 Å². The van der Waals surface area contributed by atoms with Gasteiger partial charge >= 0.3 is 0 Å². The van der Waals surface area contributed by atoms with Gasteiger partial charge in [0, 0.05) is 6.07 Å². The third kappa shape index (κ3) is 2.75. The molecule has 0 spiro atoms. The summed E-state index contributed by atoms with van der Waals surface area (Å²) in [6.45, 7) is 0.179. The lowest BCUT2D eigenvalue weighted by Crippen LogP contribution is -2.25. The minimum absolute atomic E-state index is 0.0329. The van der Waals surface area contributed by atoms with Crippen LogP contribution in [0.25, 0.3) is 0 Å². The van der Waals surface area contributed by atoms with E-state index in [1.54, 1.807) is 12.1 Å². The van der Waals surface area contributed by atoms with E-state index in [0.29, 0.717) is 5.76 Å². The summed E-state index contributed by atoms with van der Waals surface area (Å²) in [6.07, 6.45) is 1.49. The lowest BCUT2D eigenvalue weighted by molar-refractivity contribution is -0.384. The van der Waals surface area contributed by atoms with E-state index >= 15 is 0 Å². The summed E-state index contributed by atoms with van der Waals surface area (Å²) < 4.78 is 5.08. The molecule has 0 atom stereocenters. The van der Waals surface area contributed by atoms with E-state index < -0.39 is 10.8 Å². The number of nitrogens with two attached hydrogens (primary N) is 1. The highest BCUT2D eigenvalue weighted by molar-refractivity contribution is 6.01. The Morgan fingerprint density at radius 1 is 1.35 bits per heavy atom. The summed E-state index contributed by atoms with van der Waals surface area (Å²) >= 11 is 0. The van der Waals surface area contributed by atoms with Crippen molar-refractivity contribution in [3.63, 3.8) is 0 Å². The SMILES string of the molecule is NNc1c(C(=O)NCc2ccco2)cccc1[N+](=O)[O-]. The minimum Gasteiger partial charge on any atom is -0.467 e. The molecule has 1 aromatic heterocycles. The highest BCUT2D eigenvalue weighted by Gasteiger charge is 2.20. The lowest BCUT2D eigenvalue weighted by atomic mass is 10.1. The second-order valence-electron chi connectivity index (χ2n) is 3.86. The third-order valence-electron chi connectivity index (χ3n) is 2.63. The van der Waals surface area contributed by atoms with Crippen LogP contribution in [0.2, 0.25) is 0 Å². The van der Waals surface area contributed by atoms with Crippen LogP contribution in [0.3, 0.4) is 0 Å². The van der Waals surface area contributed by atoms with Crippen LogP contribution in [0.1, 0.15) is 16.1 Å². The van der Waals surface area contributed by atoms with Crippen LogP contribution in [0.15, 0.2) is 41.0 Å². The molecule has 0 fully saturated rings. The Bertz CT molecular complexity index is 624. The minimum atomic E-state index is -0.613. The lowest BCUT2D eigenvalue weighted by Gasteiger charge is -2.09. The maximum absolute atomic E-state index is 12.0. The first kappa shape index (κ1) is 13.6. The molecule has 0 radical (unpaired) electrons. The Balaban J connectivity index is 2.21. The fourth-order valence-electron chi connectivity index (χ4n) is 1.71. The van der Waals surface area contributed by atoms with Crippen molar-refractivity contribution in [3.8, 4) is 0 Å². The van der Waals surface area contributed by atoms with Crippen LogP contribution in [0.5, 0.6) is 0 Å². The molecule has 8 heteroatoms. The van der Waals surface area contributed by atoms with E-state index in [1.165, 1.54) is 24.5 Å². The number of hydrogen-bond acceptors (Lipinski definition) is 6. The van der Waals surface area contributed by atoms with E-state index in [9.17, 15) is 14.9 Å². The molecule has 0 aliphatic carbocycles. The molecule has 0 saturated carbocycles. The average molecular weight is 276 g/mol. The molecule has 0 aliphatic heterocycles. The first-order chi connectivity index (χ1) is 9.63. The molecule has 8 nitrogen and oxygen atoms in total. The fourth-order valence-corrected chi connectivity index (χ4v) is 1.71. The van der Waals surface area contributed by atoms with Gasteiger partial charge in [-0.2, -0.15) is 0 Å². The van der Waals surface area contributed by atoms with Crippen molar-refractivity contribution in [2.24, 2.45) is 5.84 Å². The molecule has 104 valence electrons. The molecule has 1 amide bonds. The second-order valence-corrected chi connectivity index (χ2v) is 3.86. The number of nitrogen functional groups attached to an aromatic ring is 1. The molecule has 1 aromatic carbocycles. The van der Waals surface area contributed by atoms with Gasteiger partial charge < -0.3 is 15.2 Å². The van der Waals surface area contributed by atoms with Gasteiger partial charge in [-0.3, -0.25) is 20.8 Å². The van der Waals surface area contributed by atoms with Crippen molar-refractivity contribution < 1.29 is 14.1 Å².